The molecule has 0 aromatic carbocycles. The summed E-state index contributed by atoms with van der Waals surface area (Å²) in [6.07, 6.45) is 1.65. The molecule has 1 aromatic rings. The van der Waals surface area contributed by atoms with Crippen LogP contribution in [0.4, 0.5) is 0 Å². The lowest BCUT2D eigenvalue weighted by Gasteiger charge is -2.31. The van der Waals surface area contributed by atoms with Crippen LogP contribution in [0.25, 0.3) is 0 Å². The Balaban J connectivity index is 2.08. The number of pyridine rings is 1. The lowest BCUT2D eigenvalue weighted by molar-refractivity contribution is 0.0703. The number of hydrogen-bond donors (Lipinski definition) is 1. The first-order chi connectivity index (χ1) is 7.27. The lowest BCUT2D eigenvalue weighted by Crippen LogP contribution is -2.51. The Morgan fingerprint density at radius 1 is 1.60 bits per heavy atom. The molecule has 2 heterocycles. The van der Waals surface area contributed by atoms with Crippen molar-refractivity contribution in [2.24, 2.45) is 0 Å². The van der Waals surface area contributed by atoms with Crippen molar-refractivity contribution in [3.8, 4) is 0 Å². The quantitative estimate of drug-likeness (QED) is 0.727. The van der Waals surface area contributed by atoms with E-state index in [1.54, 1.807) is 12.3 Å². The van der Waals surface area contributed by atoms with E-state index in [1.807, 2.05) is 17.0 Å². The summed E-state index contributed by atoms with van der Waals surface area (Å²) in [5.74, 6) is 0.0314. The van der Waals surface area contributed by atoms with Crippen molar-refractivity contribution in [3.05, 3.63) is 30.1 Å². The van der Waals surface area contributed by atoms with Crippen molar-refractivity contribution in [1.82, 2.24) is 15.2 Å². The highest BCUT2D eigenvalue weighted by Gasteiger charge is 2.21. The maximum Gasteiger partial charge on any atom is 0.272 e. The van der Waals surface area contributed by atoms with Gasteiger partial charge in [0.2, 0.25) is 0 Å². The van der Waals surface area contributed by atoms with E-state index in [0.29, 0.717) is 11.7 Å². The molecule has 15 heavy (non-hydrogen) atoms. The normalized spacial score (nSPS) is 21.4. The summed E-state index contributed by atoms with van der Waals surface area (Å²) in [6, 6.07) is 5.78. The molecule has 80 valence electrons. The Bertz CT molecular complexity index is 339. The molecule has 1 N–H and O–H groups in total. The molecule has 0 saturated carbocycles. The topological polar surface area (TPSA) is 45.2 Å². The first-order valence-electron chi connectivity index (χ1n) is 5.21. The minimum Gasteiger partial charge on any atom is -0.334 e. The molecule has 0 spiro atoms. The van der Waals surface area contributed by atoms with Crippen molar-refractivity contribution in [2.75, 3.05) is 19.6 Å². The Labute approximate surface area is 89.3 Å². The molecule has 1 fully saturated rings. The number of aromatic nitrogens is 1. The predicted octanol–water partition coefficient (Wildman–Crippen LogP) is 0.515. The van der Waals surface area contributed by atoms with Crippen molar-refractivity contribution < 1.29 is 4.79 Å². The molecule has 1 amide bonds. The summed E-state index contributed by atoms with van der Waals surface area (Å²) in [4.78, 5) is 17.9. The Hall–Kier alpha value is -1.42. The van der Waals surface area contributed by atoms with E-state index in [1.165, 1.54) is 0 Å². The molecular weight excluding hydrogens is 190 g/mol. The van der Waals surface area contributed by atoms with Crippen molar-refractivity contribution in [3.63, 3.8) is 0 Å². The van der Waals surface area contributed by atoms with E-state index in [0.717, 1.165) is 19.6 Å². The minimum atomic E-state index is 0.0314. The zero-order chi connectivity index (χ0) is 10.7. The molecule has 0 radical (unpaired) electrons. The number of carbonyl (C=O) groups excluding carboxylic acids is 1. The van der Waals surface area contributed by atoms with E-state index >= 15 is 0 Å². The molecule has 1 aliphatic heterocycles. The van der Waals surface area contributed by atoms with Crippen LogP contribution in [0.1, 0.15) is 17.4 Å². The molecule has 2 rings (SSSR count). The highest BCUT2D eigenvalue weighted by Crippen LogP contribution is 2.05. The molecular formula is C11H15N3O. The number of amides is 1. The van der Waals surface area contributed by atoms with Crippen LogP contribution >= 0.6 is 0 Å². The number of piperazine rings is 1. The van der Waals surface area contributed by atoms with Gasteiger partial charge in [-0.3, -0.25) is 9.78 Å². The van der Waals surface area contributed by atoms with E-state index in [4.69, 9.17) is 0 Å². The third-order valence-corrected chi connectivity index (χ3v) is 2.54. The van der Waals surface area contributed by atoms with Crippen LogP contribution in [0.2, 0.25) is 0 Å². The zero-order valence-corrected chi connectivity index (χ0v) is 8.81. The summed E-state index contributed by atoms with van der Waals surface area (Å²) in [7, 11) is 0. The van der Waals surface area contributed by atoms with Crippen LogP contribution < -0.4 is 5.32 Å². The summed E-state index contributed by atoms with van der Waals surface area (Å²) in [6.45, 7) is 4.47. The summed E-state index contributed by atoms with van der Waals surface area (Å²) >= 11 is 0. The average Bonchev–Trinajstić information content (AvgIpc) is 2.29. The summed E-state index contributed by atoms with van der Waals surface area (Å²) < 4.78 is 0. The van der Waals surface area contributed by atoms with Gasteiger partial charge in [0.1, 0.15) is 5.69 Å². The van der Waals surface area contributed by atoms with Gasteiger partial charge >= 0.3 is 0 Å². The van der Waals surface area contributed by atoms with Gasteiger partial charge in [-0.2, -0.15) is 0 Å². The van der Waals surface area contributed by atoms with Gasteiger partial charge in [0.05, 0.1) is 0 Å². The predicted molar refractivity (Wildman–Crippen MR) is 57.6 cm³/mol. The second-order valence-electron chi connectivity index (χ2n) is 3.82. The van der Waals surface area contributed by atoms with E-state index < -0.39 is 0 Å². The molecule has 0 bridgehead atoms. The van der Waals surface area contributed by atoms with E-state index in [9.17, 15) is 4.79 Å². The van der Waals surface area contributed by atoms with Crippen molar-refractivity contribution >= 4 is 5.91 Å². The first-order valence-corrected chi connectivity index (χ1v) is 5.21. The smallest absolute Gasteiger partial charge is 0.272 e. The largest absolute Gasteiger partial charge is 0.334 e. The average molecular weight is 205 g/mol. The second-order valence-corrected chi connectivity index (χ2v) is 3.82. The van der Waals surface area contributed by atoms with Gasteiger partial charge in [0, 0.05) is 31.9 Å². The van der Waals surface area contributed by atoms with Crippen molar-refractivity contribution in [2.45, 2.75) is 13.0 Å². The number of rotatable bonds is 1. The lowest BCUT2D eigenvalue weighted by atomic mass is 10.2. The van der Waals surface area contributed by atoms with Crippen LogP contribution in [0, 0.1) is 0 Å². The molecule has 1 saturated heterocycles. The monoisotopic (exact) mass is 205 g/mol. The third-order valence-electron chi connectivity index (χ3n) is 2.54. The first kappa shape index (κ1) is 10.1. The van der Waals surface area contributed by atoms with E-state index in [-0.39, 0.29) is 5.91 Å². The standard InChI is InChI=1S/C11H15N3O/c1-9-8-14(7-6-12-9)11(15)10-4-2-3-5-13-10/h2-5,9,12H,6-8H2,1H3/t9-/m0/s1. The number of nitrogens with one attached hydrogen (secondary N) is 1. The third kappa shape index (κ3) is 2.33. The number of hydrogen-bond acceptors (Lipinski definition) is 3. The van der Waals surface area contributed by atoms with Crippen LogP contribution in [0.3, 0.4) is 0 Å². The fourth-order valence-corrected chi connectivity index (χ4v) is 1.77. The number of carbonyl (C=O) groups is 1. The van der Waals surface area contributed by atoms with Gasteiger partial charge in [0.25, 0.3) is 5.91 Å². The van der Waals surface area contributed by atoms with Gasteiger partial charge < -0.3 is 10.2 Å². The fourth-order valence-electron chi connectivity index (χ4n) is 1.77. The Morgan fingerprint density at radius 2 is 2.47 bits per heavy atom. The maximum absolute atomic E-state index is 12.0. The Morgan fingerprint density at radius 3 is 3.13 bits per heavy atom. The van der Waals surface area contributed by atoms with Crippen LogP contribution in [-0.4, -0.2) is 41.5 Å². The zero-order valence-electron chi connectivity index (χ0n) is 8.81. The van der Waals surface area contributed by atoms with Crippen LogP contribution in [0.15, 0.2) is 24.4 Å². The molecule has 4 heteroatoms. The van der Waals surface area contributed by atoms with Gasteiger partial charge in [-0.15, -0.1) is 0 Å². The Kier molecular flexibility index (Phi) is 2.97. The van der Waals surface area contributed by atoms with Crippen LogP contribution in [0.5, 0.6) is 0 Å². The van der Waals surface area contributed by atoms with Gasteiger partial charge in [0.15, 0.2) is 0 Å². The molecule has 0 aliphatic carbocycles. The fraction of sp³-hybridized carbons (Fsp3) is 0.455. The van der Waals surface area contributed by atoms with Crippen LogP contribution in [-0.2, 0) is 0 Å². The van der Waals surface area contributed by atoms with E-state index in [2.05, 4.69) is 17.2 Å². The van der Waals surface area contributed by atoms with Gasteiger partial charge in [-0.1, -0.05) is 6.07 Å². The number of nitrogens with zero attached hydrogens (tertiary/aromatic N) is 2. The molecule has 1 aliphatic rings. The second kappa shape index (κ2) is 4.40. The van der Waals surface area contributed by atoms with Crippen molar-refractivity contribution in [1.29, 1.82) is 0 Å². The molecule has 4 nitrogen and oxygen atoms in total. The minimum absolute atomic E-state index is 0.0314. The van der Waals surface area contributed by atoms with Gasteiger partial charge in [-0.25, -0.2) is 0 Å². The summed E-state index contributed by atoms with van der Waals surface area (Å²) in [5.41, 5.74) is 0.534. The van der Waals surface area contributed by atoms with Gasteiger partial charge in [-0.05, 0) is 19.1 Å². The molecule has 1 aromatic heterocycles. The molecule has 0 unspecified atom stereocenters. The maximum atomic E-state index is 12.0. The highest BCUT2D eigenvalue weighted by atomic mass is 16.2. The summed E-state index contributed by atoms with van der Waals surface area (Å²) in [5, 5.41) is 3.30. The highest BCUT2D eigenvalue weighted by molar-refractivity contribution is 5.92. The molecule has 1 atom stereocenters. The SMILES string of the molecule is C[C@H]1CN(C(=O)c2ccccn2)CCN1.